The number of benzene rings is 1. The number of hydrogen-bond donors (Lipinski definition) is 4. The lowest BCUT2D eigenvalue weighted by Gasteiger charge is -2.23. The van der Waals surface area contributed by atoms with Crippen LogP contribution in [0.3, 0.4) is 0 Å². The van der Waals surface area contributed by atoms with Crippen LogP contribution >= 0.6 is 11.8 Å². The van der Waals surface area contributed by atoms with E-state index in [-0.39, 0.29) is 18.2 Å². The molecule has 20 heavy (non-hydrogen) atoms. The van der Waals surface area contributed by atoms with Crippen molar-refractivity contribution in [2.75, 3.05) is 18.6 Å². The summed E-state index contributed by atoms with van der Waals surface area (Å²) in [5.41, 5.74) is 5.77. The second kappa shape index (κ2) is 7.52. The number of carbonyl (C=O) groups is 1. The molecular formula is C14H22N2O3S. The number of thioether (sulfide) groups is 1. The van der Waals surface area contributed by atoms with E-state index >= 15 is 0 Å². The average Bonchev–Trinajstić information content (AvgIpc) is 2.38. The number of amides is 1. The summed E-state index contributed by atoms with van der Waals surface area (Å²) < 4.78 is 0. The molecule has 0 fully saturated rings. The number of aromatic hydroxyl groups is 1. The highest BCUT2D eigenvalue weighted by atomic mass is 32.2. The zero-order chi connectivity index (χ0) is 15.2. The van der Waals surface area contributed by atoms with Crippen LogP contribution in [-0.4, -0.2) is 46.3 Å². The molecule has 1 unspecified atom stereocenters. The molecule has 5 N–H and O–H groups in total. The monoisotopic (exact) mass is 298 g/mol. The molecule has 2 atom stereocenters. The number of rotatable bonds is 7. The maximum atomic E-state index is 11.9. The first-order chi connectivity index (χ1) is 9.34. The first kappa shape index (κ1) is 16.8. The van der Waals surface area contributed by atoms with Gasteiger partial charge >= 0.3 is 0 Å². The molecule has 1 aromatic rings. The summed E-state index contributed by atoms with van der Waals surface area (Å²) in [5.74, 6) is 0.430. The van der Waals surface area contributed by atoms with Gasteiger partial charge in [0.15, 0.2) is 0 Å². The van der Waals surface area contributed by atoms with Gasteiger partial charge in [0.1, 0.15) is 5.75 Å². The molecule has 0 aromatic heterocycles. The fourth-order valence-corrected chi connectivity index (χ4v) is 2.47. The second-order valence-corrected chi connectivity index (χ2v) is 5.99. The number of aliphatic hydroxyl groups is 1. The number of carbonyl (C=O) groups excluding carboxylic acids is 1. The molecule has 0 spiro atoms. The molecule has 112 valence electrons. The third-order valence-electron chi connectivity index (χ3n) is 2.83. The van der Waals surface area contributed by atoms with Gasteiger partial charge in [-0.05, 0) is 37.3 Å². The number of nitrogens with one attached hydrogen (secondary N) is 1. The van der Waals surface area contributed by atoms with Crippen LogP contribution in [0.15, 0.2) is 24.3 Å². The molecule has 0 aliphatic carbocycles. The van der Waals surface area contributed by atoms with E-state index in [1.54, 1.807) is 31.2 Å². The molecule has 0 saturated carbocycles. The predicted molar refractivity (Wildman–Crippen MR) is 81.8 cm³/mol. The molecule has 6 heteroatoms. The normalized spacial score (nSPS) is 15.4. The van der Waals surface area contributed by atoms with E-state index in [1.807, 2.05) is 6.26 Å². The minimum absolute atomic E-state index is 0.177. The fourth-order valence-electron chi connectivity index (χ4n) is 1.75. The summed E-state index contributed by atoms with van der Waals surface area (Å²) in [4.78, 5) is 11.9. The molecular weight excluding hydrogens is 276 g/mol. The Labute approximate surface area is 123 Å². The summed E-state index contributed by atoms with van der Waals surface area (Å²) in [6.45, 7) is 1.85. The largest absolute Gasteiger partial charge is 0.508 e. The van der Waals surface area contributed by atoms with Gasteiger partial charge in [-0.3, -0.25) is 4.79 Å². The molecule has 1 rings (SSSR count). The Morgan fingerprint density at radius 1 is 1.45 bits per heavy atom. The molecule has 0 heterocycles. The van der Waals surface area contributed by atoms with Gasteiger partial charge in [0.2, 0.25) is 5.91 Å². The lowest BCUT2D eigenvalue weighted by atomic mass is 10.1. The average molecular weight is 298 g/mol. The minimum Gasteiger partial charge on any atom is -0.508 e. The molecule has 0 aliphatic rings. The highest BCUT2D eigenvalue weighted by Gasteiger charge is 2.22. The summed E-state index contributed by atoms with van der Waals surface area (Å²) in [6.07, 6.45) is 2.28. The van der Waals surface area contributed by atoms with Crippen LogP contribution in [-0.2, 0) is 11.2 Å². The Hall–Kier alpha value is -1.24. The highest BCUT2D eigenvalue weighted by Crippen LogP contribution is 2.11. The van der Waals surface area contributed by atoms with Crippen molar-refractivity contribution in [2.24, 2.45) is 5.73 Å². The quantitative estimate of drug-likeness (QED) is 0.588. The van der Waals surface area contributed by atoms with Crippen LogP contribution in [0.25, 0.3) is 0 Å². The molecule has 0 aliphatic heterocycles. The SMILES string of the molecule is CSCC(C)(O)CNC(=O)[C@@H](N)Cc1ccc(O)cc1. The Morgan fingerprint density at radius 2 is 2.05 bits per heavy atom. The van der Waals surface area contributed by atoms with Crippen molar-refractivity contribution in [3.8, 4) is 5.75 Å². The van der Waals surface area contributed by atoms with E-state index in [0.29, 0.717) is 12.2 Å². The van der Waals surface area contributed by atoms with E-state index in [4.69, 9.17) is 5.73 Å². The number of hydrogen-bond acceptors (Lipinski definition) is 5. The van der Waals surface area contributed by atoms with E-state index in [2.05, 4.69) is 5.32 Å². The van der Waals surface area contributed by atoms with E-state index < -0.39 is 11.6 Å². The van der Waals surface area contributed by atoms with Gasteiger partial charge in [-0.15, -0.1) is 0 Å². The maximum absolute atomic E-state index is 11.9. The summed E-state index contributed by atoms with van der Waals surface area (Å²) >= 11 is 1.52. The van der Waals surface area contributed by atoms with Crippen molar-refractivity contribution >= 4 is 17.7 Å². The molecule has 1 aromatic carbocycles. The lowest BCUT2D eigenvalue weighted by molar-refractivity contribution is -0.123. The van der Waals surface area contributed by atoms with Crippen molar-refractivity contribution < 1.29 is 15.0 Å². The first-order valence-corrected chi connectivity index (χ1v) is 7.76. The summed E-state index contributed by atoms with van der Waals surface area (Å²) in [6, 6.07) is 5.90. The zero-order valence-corrected chi connectivity index (χ0v) is 12.6. The van der Waals surface area contributed by atoms with Crippen LogP contribution in [0.2, 0.25) is 0 Å². The van der Waals surface area contributed by atoms with Crippen molar-refractivity contribution in [3.05, 3.63) is 29.8 Å². The van der Waals surface area contributed by atoms with Gasteiger partial charge in [0.25, 0.3) is 0 Å². The molecule has 1 amide bonds. The Bertz CT molecular complexity index is 435. The van der Waals surface area contributed by atoms with E-state index in [9.17, 15) is 15.0 Å². The van der Waals surface area contributed by atoms with Gasteiger partial charge in [-0.25, -0.2) is 0 Å². The highest BCUT2D eigenvalue weighted by molar-refractivity contribution is 7.98. The van der Waals surface area contributed by atoms with Gasteiger partial charge in [0, 0.05) is 12.3 Å². The lowest BCUT2D eigenvalue weighted by Crippen LogP contribution is -2.48. The molecule has 0 saturated heterocycles. The summed E-state index contributed by atoms with van der Waals surface area (Å²) in [5, 5.41) is 21.8. The van der Waals surface area contributed by atoms with Gasteiger partial charge in [-0.2, -0.15) is 11.8 Å². The fraction of sp³-hybridized carbons (Fsp3) is 0.500. The smallest absolute Gasteiger partial charge is 0.237 e. The van der Waals surface area contributed by atoms with Crippen LogP contribution in [0.4, 0.5) is 0 Å². The Morgan fingerprint density at radius 3 is 2.60 bits per heavy atom. The summed E-state index contributed by atoms with van der Waals surface area (Å²) in [7, 11) is 0. The van der Waals surface area contributed by atoms with E-state index in [1.165, 1.54) is 11.8 Å². The van der Waals surface area contributed by atoms with Crippen molar-refractivity contribution in [3.63, 3.8) is 0 Å². The van der Waals surface area contributed by atoms with Gasteiger partial charge < -0.3 is 21.3 Å². The number of nitrogens with two attached hydrogens (primary N) is 1. The van der Waals surface area contributed by atoms with Crippen LogP contribution in [0.5, 0.6) is 5.75 Å². The van der Waals surface area contributed by atoms with Crippen LogP contribution in [0, 0.1) is 0 Å². The van der Waals surface area contributed by atoms with Gasteiger partial charge in [-0.1, -0.05) is 12.1 Å². The predicted octanol–water partition coefficient (Wildman–Crippen LogP) is 0.492. The van der Waals surface area contributed by atoms with Crippen LogP contribution < -0.4 is 11.1 Å². The number of phenolic OH excluding ortho intramolecular Hbond substituents is 1. The third-order valence-corrected chi connectivity index (χ3v) is 3.74. The Kier molecular flexibility index (Phi) is 6.32. The first-order valence-electron chi connectivity index (χ1n) is 6.36. The second-order valence-electron chi connectivity index (χ2n) is 5.12. The maximum Gasteiger partial charge on any atom is 0.237 e. The van der Waals surface area contributed by atoms with Crippen LogP contribution in [0.1, 0.15) is 12.5 Å². The van der Waals surface area contributed by atoms with Crippen molar-refractivity contribution in [2.45, 2.75) is 25.0 Å². The molecule has 0 radical (unpaired) electrons. The Balaban J connectivity index is 2.45. The molecule has 0 bridgehead atoms. The van der Waals surface area contributed by atoms with Crippen molar-refractivity contribution in [1.29, 1.82) is 0 Å². The topological polar surface area (TPSA) is 95.6 Å². The standard InChI is InChI=1S/C14H22N2O3S/c1-14(19,9-20-2)8-16-13(18)12(15)7-10-3-5-11(17)6-4-10/h3-6,12,17,19H,7-9,15H2,1-2H3,(H,16,18)/t12-,14?/m0/s1. The van der Waals surface area contributed by atoms with Gasteiger partial charge in [0.05, 0.1) is 11.6 Å². The zero-order valence-electron chi connectivity index (χ0n) is 11.8. The number of phenols is 1. The van der Waals surface area contributed by atoms with E-state index in [0.717, 1.165) is 5.56 Å². The van der Waals surface area contributed by atoms with Crippen molar-refractivity contribution in [1.82, 2.24) is 5.32 Å². The molecule has 5 nitrogen and oxygen atoms in total. The minimum atomic E-state index is -0.937. The third kappa shape index (κ3) is 5.81.